The molecule has 3 heterocycles. The molecule has 0 atom stereocenters. The molecular formula is C14H12O4S. The van der Waals surface area contributed by atoms with Crippen molar-refractivity contribution in [1.29, 1.82) is 0 Å². The van der Waals surface area contributed by atoms with E-state index in [4.69, 9.17) is 8.83 Å². The minimum atomic E-state index is -0.0539. The summed E-state index contributed by atoms with van der Waals surface area (Å²) in [5, 5.41) is 18.5. The second-order valence-electron chi connectivity index (χ2n) is 4.03. The summed E-state index contributed by atoms with van der Waals surface area (Å²) in [5.41, 5.74) is 1.52. The lowest BCUT2D eigenvalue weighted by atomic mass is 10.2. The Bertz CT molecular complexity index is 620. The number of thiophene rings is 1. The van der Waals surface area contributed by atoms with Gasteiger partial charge < -0.3 is 19.0 Å². The number of aliphatic hydroxyl groups is 2. The zero-order valence-electron chi connectivity index (χ0n) is 10.00. The van der Waals surface area contributed by atoms with Crippen LogP contribution in [0.25, 0.3) is 21.3 Å². The van der Waals surface area contributed by atoms with E-state index in [0.717, 1.165) is 20.9 Å². The molecule has 0 spiro atoms. The van der Waals surface area contributed by atoms with Gasteiger partial charge in [-0.25, -0.2) is 0 Å². The Morgan fingerprint density at radius 1 is 0.789 bits per heavy atom. The van der Waals surface area contributed by atoms with Gasteiger partial charge in [0, 0.05) is 11.1 Å². The van der Waals surface area contributed by atoms with Gasteiger partial charge in [-0.15, -0.1) is 11.3 Å². The first-order valence-electron chi connectivity index (χ1n) is 5.78. The van der Waals surface area contributed by atoms with E-state index in [0.29, 0.717) is 11.5 Å². The zero-order chi connectivity index (χ0) is 13.2. The molecule has 0 unspecified atom stereocenters. The number of hydrogen-bond donors (Lipinski definition) is 2. The van der Waals surface area contributed by atoms with Gasteiger partial charge in [-0.3, -0.25) is 0 Å². The highest BCUT2D eigenvalue weighted by Gasteiger charge is 2.15. The third kappa shape index (κ3) is 2.12. The standard InChI is InChI=1S/C14H12O4S/c15-7-9-3-5-17-13(9)11-1-2-12(19-11)14-10(8-16)4-6-18-14/h1-6,15-16H,7-8H2. The molecule has 5 heteroatoms. The van der Waals surface area contributed by atoms with Crippen LogP contribution >= 0.6 is 11.3 Å². The first-order chi connectivity index (χ1) is 9.33. The minimum Gasteiger partial charge on any atom is -0.463 e. The van der Waals surface area contributed by atoms with E-state index >= 15 is 0 Å². The molecule has 0 fully saturated rings. The van der Waals surface area contributed by atoms with Gasteiger partial charge in [0.15, 0.2) is 0 Å². The molecule has 3 aromatic heterocycles. The van der Waals surface area contributed by atoms with Crippen molar-refractivity contribution in [3.8, 4) is 21.3 Å². The molecular weight excluding hydrogens is 264 g/mol. The molecule has 0 amide bonds. The first kappa shape index (κ1) is 12.2. The Balaban J connectivity index is 2.00. The third-order valence-corrected chi connectivity index (χ3v) is 3.97. The quantitative estimate of drug-likeness (QED) is 0.767. The first-order valence-corrected chi connectivity index (χ1v) is 6.60. The van der Waals surface area contributed by atoms with Crippen molar-refractivity contribution in [2.75, 3.05) is 0 Å². The summed E-state index contributed by atoms with van der Waals surface area (Å²) in [4.78, 5) is 1.84. The lowest BCUT2D eigenvalue weighted by molar-refractivity contribution is 0.281. The van der Waals surface area contributed by atoms with Crippen LogP contribution < -0.4 is 0 Å². The molecule has 0 aliphatic carbocycles. The van der Waals surface area contributed by atoms with E-state index < -0.39 is 0 Å². The molecule has 3 rings (SSSR count). The van der Waals surface area contributed by atoms with E-state index in [1.54, 1.807) is 24.7 Å². The van der Waals surface area contributed by atoms with E-state index in [9.17, 15) is 10.2 Å². The maximum Gasteiger partial charge on any atom is 0.149 e. The number of hydrogen-bond acceptors (Lipinski definition) is 5. The van der Waals surface area contributed by atoms with Crippen molar-refractivity contribution in [2.24, 2.45) is 0 Å². The van der Waals surface area contributed by atoms with Crippen molar-refractivity contribution in [2.45, 2.75) is 13.2 Å². The Labute approximate surface area is 113 Å². The van der Waals surface area contributed by atoms with Crippen molar-refractivity contribution in [3.05, 3.63) is 47.9 Å². The normalized spacial score (nSPS) is 11.1. The van der Waals surface area contributed by atoms with Crippen LogP contribution in [0.15, 0.2) is 45.6 Å². The molecule has 0 saturated carbocycles. The Morgan fingerprint density at radius 2 is 1.26 bits per heavy atom. The highest BCUT2D eigenvalue weighted by Crippen LogP contribution is 2.38. The van der Waals surface area contributed by atoms with Gasteiger partial charge in [-0.05, 0) is 24.3 Å². The lowest BCUT2D eigenvalue weighted by Crippen LogP contribution is -1.81. The van der Waals surface area contributed by atoms with Crippen molar-refractivity contribution >= 4 is 11.3 Å². The molecule has 2 N–H and O–H groups in total. The predicted molar refractivity (Wildman–Crippen MR) is 71.6 cm³/mol. The van der Waals surface area contributed by atoms with Crippen LogP contribution in [0.4, 0.5) is 0 Å². The van der Waals surface area contributed by atoms with Crippen LogP contribution in [-0.2, 0) is 13.2 Å². The molecule has 0 aromatic carbocycles. The molecule has 0 aliphatic rings. The summed E-state index contributed by atoms with van der Waals surface area (Å²) in [6.07, 6.45) is 3.12. The van der Waals surface area contributed by atoms with Gasteiger partial charge in [0.1, 0.15) is 11.5 Å². The zero-order valence-corrected chi connectivity index (χ0v) is 10.8. The van der Waals surface area contributed by atoms with E-state index in [1.165, 1.54) is 11.3 Å². The SMILES string of the molecule is OCc1ccoc1-c1ccc(-c2occc2CO)s1. The molecule has 19 heavy (non-hydrogen) atoms. The monoisotopic (exact) mass is 276 g/mol. The smallest absolute Gasteiger partial charge is 0.149 e. The average molecular weight is 276 g/mol. The highest BCUT2D eigenvalue weighted by atomic mass is 32.1. The predicted octanol–water partition coefficient (Wildman–Crippen LogP) is 3.25. The molecule has 3 aromatic rings. The fourth-order valence-electron chi connectivity index (χ4n) is 1.93. The van der Waals surface area contributed by atoms with E-state index in [1.807, 2.05) is 12.1 Å². The summed E-state index contributed by atoms with van der Waals surface area (Å²) < 4.78 is 10.8. The number of aliphatic hydroxyl groups excluding tert-OH is 2. The number of rotatable bonds is 4. The molecule has 0 bridgehead atoms. The summed E-state index contributed by atoms with van der Waals surface area (Å²) in [6.45, 7) is -0.108. The van der Waals surface area contributed by atoms with Crippen LogP contribution in [0.1, 0.15) is 11.1 Å². The molecule has 4 nitrogen and oxygen atoms in total. The highest BCUT2D eigenvalue weighted by molar-refractivity contribution is 7.18. The minimum absolute atomic E-state index is 0.0539. The fraction of sp³-hybridized carbons (Fsp3) is 0.143. The summed E-state index contributed by atoms with van der Waals surface area (Å²) >= 11 is 1.50. The van der Waals surface area contributed by atoms with Gasteiger partial charge in [0.25, 0.3) is 0 Å². The second kappa shape index (κ2) is 5.05. The van der Waals surface area contributed by atoms with Crippen molar-refractivity contribution in [1.82, 2.24) is 0 Å². The van der Waals surface area contributed by atoms with Gasteiger partial charge in [-0.1, -0.05) is 0 Å². The van der Waals surface area contributed by atoms with Crippen molar-refractivity contribution in [3.63, 3.8) is 0 Å². The summed E-state index contributed by atoms with van der Waals surface area (Å²) in [5.74, 6) is 1.35. The third-order valence-electron chi connectivity index (χ3n) is 2.89. The van der Waals surface area contributed by atoms with E-state index in [-0.39, 0.29) is 13.2 Å². The Hall–Kier alpha value is -1.82. The average Bonchev–Trinajstić information content (AvgIpc) is 3.16. The maximum absolute atomic E-state index is 9.23. The second-order valence-corrected chi connectivity index (χ2v) is 5.11. The van der Waals surface area contributed by atoms with Gasteiger partial charge >= 0.3 is 0 Å². The van der Waals surface area contributed by atoms with Gasteiger partial charge in [-0.2, -0.15) is 0 Å². The molecule has 0 aliphatic heterocycles. The molecule has 98 valence electrons. The lowest BCUT2D eigenvalue weighted by Gasteiger charge is -1.96. The van der Waals surface area contributed by atoms with Crippen LogP contribution in [0.2, 0.25) is 0 Å². The molecule has 0 saturated heterocycles. The van der Waals surface area contributed by atoms with Crippen LogP contribution in [-0.4, -0.2) is 10.2 Å². The molecule has 0 radical (unpaired) electrons. The topological polar surface area (TPSA) is 66.7 Å². The van der Waals surface area contributed by atoms with Gasteiger partial charge in [0.05, 0.1) is 35.5 Å². The van der Waals surface area contributed by atoms with Gasteiger partial charge in [0.2, 0.25) is 0 Å². The van der Waals surface area contributed by atoms with E-state index in [2.05, 4.69) is 0 Å². The summed E-state index contributed by atoms with van der Waals surface area (Å²) in [7, 11) is 0. The van der Waals surface area contributed by atoms with Crippen LogP contribution in [0.5, 0.6) is 0 Å². The Kier molecular flexibility index (Phi) is 3.25. The Morgan fingerprint density at radius 3 is 1.68 bits per heavy atom. The summed E-state index contributed by atoms with van der Waals surface area (Å²) in [6, 6.07) is 7.34. The number of furan rings is 2. The van der Waals surface area contributed by atoms with Crippen LogP contribution in [0.3, 0.4) is 0 Å². The maximum atomic E-state index is 9.23. The largest absolute Gasteiger partial charge is 0.463 e. The van der Waals surface area contributed by atoms with Crippen molar-refractivity contribution < 1.29 is 19.0 Å². The van der Waals surface area contributed by atoms with Crippen LogP contribution in [0, 0.1) is 0 Å². The fourth-order valence-corrected chi connectivity index (χ4v) is 2.99.